The third-order valence-corrected chi connectivity index (χ3v) is 5.07. The minimum absolute atomic E-state index is 0.00442. The molecule has 2 amide bonds. The Balaban J connectivity index is 1.89. The van der Waals surface area contributed by atoms with Crippen LogP contribution in [0.4, 0.5) is 5.69 Å². The fourth-order valence-electron chi connectivity index (χ4n) is 2.78. The highest BCUT2D eigenvalue weighted by molar-refractivity contribution is 6.31. The van der Waals surface area contributed by atoms with Gasteiger partial charge in [0.2, 0.25) is 5.91 Å². The summed E-state index contributed by atoms with van der Waals surface area (Å²) in [5.74, 6) is -0.326. The van der Waals surface area contributed by atoms with Crippen molar-refractivity contribution in [1.29, 1.82) is 0 Å². The van der Waals surface area contributed by atoms with Crippen LogP contribution < -0.4 is 10.6 Å². The van der Waals surface area contributed by atoms with Crippen LogP contribution in [0.1, 0.15) is 31.0 Å². The molecule has 2 aromatic carbocycles. The van der Waals surface area contributed by atoms with Crippen molar-refractivity contribution in [2.75, 3.05) is 25.0 Å². The normalized spacial score (nSPS) is 11.8. The molecule has 3 N–H and O–H groups in total. The highest BCUT2D eigenvalue weighted by Crippen LogP contribution is 2.20. The van der Waals surface area contributed by atoms with Crippen LogP contribution in [0.25, 0.3) is 0 Å². The molecule has 0 spiro atoms. The van der Waals surface area contributed by atoms with Gasteiger partial charge in [0.15, 0.2) is 6.54 Å². The molecule has 0 saturated heterocycles. The smallest absolute Gasteiger partial charge is 0.278 e. The molecule has 0 fully saturated rings. The first kappa shape index (κ1) is 22.2. The number of nitrogens with zero attached hydrogens (tertiary/aromatic N) is 1. The monoisotopic (exact) mass is 422 g/mol. The lowest BCUT2D eigenvalue weighted by atomic mass is 10.1. The van der Waals surface area contributed by atoms with Gasteiger partial charge in [-0.05, 0) is 50.6 Å². The second-order valence-electron chi connectivity index (χ2n) is 6.70. The Kier molecular flexibility index (Phi) is 8.30. The van der Waals surface area contributed by atoms with E-state index in [2.05, 4.69) is 5.32 Å². The SMILES string of the molecule is CCN(CC(=O)Nc1cc(Cl)ccc1C)C(=O)C[NH2+][C@H](C)c1ccc(Cl)cc1. The second kappa shape index (κ2) is 10.5. The number of carbonyl (C=O) groups excluding carboxylic acids is 2. The molecule has 1 atom stereocenters. The summed E-state index contributed by atoms with van der Waals surface area (Å²) in [6.45, 7) is 6.51. The van der Waals surface area contributed by atoms with Crippen LogP contribution in [-0.2, 0) is 9.59 Å². The molecule has 5 nitrogen and oxygen atoms in total. The summed E-state index contributed by atoms with van der Waals surface area (Å²) in [5.41, 5.74) is 2.66. The zero-order valence-corrected chi connectivity index (χ0v) is 17.8. The third kappa shape index (κ3) is 6.51. The largest absolute Gasteiger partial charge is 0.333 e. The minimum Gasteiger partial charge on any atom is -0.333 e. The summed E-state index contributed by atoms with van der Waals surface area (Å²) in [4.78, 5) is 26.5. The first-order chi connectivity index (χ1) is 13.3. The summed E-state index contributed by atoms with van der Waals surface area (Å²) in [7, 11) is 0. The Morgan fingerprint density at radius 3 is 2.39 bits per heavy atom. The quantitative estimate of drug-likeness (QED) is 0.684. The summed E-state index contributed by atoms with van der Waals surface area (Å²) in [6, 6.07) is 13.0. The maximum absolute atomic E-state index is 12.5. The molecule has 2 aromatic rings. The van der Waals surface area contributed by atoms with Gasteiger partial charge in [0.1, 0.15) is 12.6 Å². The number of aryl methyl sites for hydroxylation is 1. The maximum atomic E-state index is 12.5. The molecule has 0 aliphatic carbocycles. The number of benzene rings is 2. The van der Waals surface area contributed by atoms with Gasteiger partial charge in [0, 0.05) is 27.8 Å². The van der Waals surface area contributed by atoms with Crippen molar-refractivity contribution in [3.8, 4) is 0 Å². The molecular weight excluding hydrogens is 397 g/mol. The Bertz CT molecular complexity index is 825. The number of nitrogens with two attached hydrogens (primary N) is 1. The average molecular weight is 423 g/mol. The van der Waals surface area contributed by atoms with Crippen LogP contribution in [0.15, 0.2) is 42.5 Å². The molecule has 0 aliphatic heterocycles. The van der Waals surface area contributed by atoms with E-state index in [9.17, 15) is 9.59 Å². The Hall–Kier alpha value is -2.08. The summed E-state index contributed by atoms with van der Waals surface area (Å²) >= 11 is 11.9. The topological polar surface area (TPSA) is 66.0 Å². The van der Waals surface area contributed by atoms with Crippen LogP contribution in [0.3, 0.4) is 0 Å². The molecule has 0 unspecified atom stereocenters. The molecule has 0 aliphatic rings. The van der Waals surface area contributed by atoms with E-state index in [1.165, 1.54) is 0 Å². The number of quaternary nitrogens is 1. The average Bonchev–Trinajstić information content (AvgIpc) is 2.67. The Labute approximate surface area is 176 Å². The van der Waals surface area contributed by atoms with Crippen LogP contribution in [0.2, 0.25) is 10.0 Å². The number of likely N-dealkylation sites (N-methyl/N-ethyl adjacent to an activating group) is 1. The number of anilines is 1. The van der Waals surface area contributed by atoms with Gasteiger partial charge in [-0.1, -0.05) is 41.4 Å². The zero-order chi connectivity index (χ0) is 20.7. The van der Waals surface area contributed by atoms with Crippen molar-refractivity contribution >= 4 is 40.7 Å². The van der Waals surface area contributed by atoms with Crippen molar-refractivity contribution in [2.24, 2.45) is 0 Å². The molecular formula is C21H26Cl2N3O2+. The Morgan fingerprint density at radius 2 is 1.75 bits per heavy atom. The molecule has 7 heteroatoms. The van der Waals surface area contributed by atoms with Gasteiger partial charge in [0.05, 0.1) is 0 Å². The lowest BCUT2D eigenvalue weighted by Crippen LogP contribution is -2.87. The maximum Gasteiger partial charge on any atom is 0.278 e. The minimum atomic E-state index is -0.244. The van der Waals surface area contributed by atoms with Gasteiger partial charge in [-0.15, -0.1) is 0 Å². The second-order valence-corrected chi connectivity index (χ2v) is 7.57. The van der Waals surface area contributed by atoms with Crippen LogP contribution >= 0.6 is 23.2 Å². The molecule has 0 radical (unpaired) electrons. The molecule has 0 heterocycles. The number of rotatable bonds is 8. The first-order valence-electron chi connectivity index (χ1n) is 9.22. The van der Waals surface area contributed by atoms with Crippen molar-refractivity contribution < 1.29 is 14.9 Å². The predicted octanol–water partition coefficient (Wildman–Crippen LogP) is 3.41. The molecule has 28 heavy (non-hydrogen) atoms. The van der Waals surface area contributed by atoms with E-state index in [0.717, 1.165) is 11.1 Å². The lowest BCUT2D eigenvalue weighted by Gasteiger charge is -2.21. The van der Waals surface area contributed by atoms with Gasteiger partial charge in [-0.3, -0.25) is 9.59 Å². The number of amides is 2. The van der Waals surface area contributed by atoms with Crippen LogP contribution in [-0.4, -0.2) is 36.3 Å². The molecule has 2 rings (SSSR count). The van der Waals surface area contributed by atoms with Crippen LogP contribution in [0.5, 0.6) is 0 Å². The molecule has 0 aromatic heterocycles. The fraction of sp³-hybridized carbons (Fsp3) is 0.333. The van der Waals surface area contributed by atoms with Gasteiger partial charge in [0.25, 0.3) is 5.91 Å². The van der Waals surface area contributed by atoms with E-state index in [-0.39, 0.29) is 30.9 Å². The number of hydrogen-bond acceptors (Lipinski definition) is 2. The lowest BCUT2D eigenvalue weighted by molar-refractivity contribution is -0.683. The van der Waals surface area contributed by atoms with E-state index in [0.29, 0.717) is 22.3 Å². The van der Waals surface area contributed by atoms with Crippen LogP contribution in [0, 0.1) is 6.92 Å². The van der Waals surface area contributed by atoms with Gasteiger partial charge in [-0.2, -0.15) is 0 Å². The standard InChI is InChI=1S/C21H25Cl2N3O2/c1-4-26(13-20(27)25-19-11-18(23)8-5-14(19)2)21(28)12-24-15(3)16-6-9-17(22)10-7-16/h5-11,15,24H,4,12-13H2,1-3H3,(H,25,27)/p+1/t15-/m1/s1. The van der Waals surface area contributed by atoms with Crippen molar-refractivity contribution in [3.05, 3.63) is 63.6 Å². The fourth-order valence-corrected chi connectivity index (χ4v) is 3.08. The predicted molar refractivity (Wildman–Crippen MR) is 114 cm³/mol. The van der Waals surface area contributed by atoms with Crippen molar-refractivity contribution in [2.45, 2.75) is 26.8 Å². The van der Waals surface area contributed by atoms with E-state index in [1.54, 1.807) is 17.0 Å². The van der Waals surface area contributed by atoms with Crippen molar-refractivity contribution in [3.63, 3.8) is 0 Å². The molecule has 0 saturated carbocycles. The number of halogens is 2. The van der Waals surface area contributed by atoms with E-state index in [4.69, 9.17) is 23.2 Å². The number of hydrogen-bond donors (Lipinski definition) is 2. The van der Waals surface area contributed by atoms with E-state index in [1.807, 2.05) is 56.4 Å². The summed E-state index contributed by atoms with van der Waals surface area (Å²) in [6.07, 6.45) is 0. The third-order valence-electron chi connectivity index (χ3n) is 4.58. The van der Waals surface area contributed by atoms with Gasteiger partial charge >= 0.3 is 0 Å². The van der Waals surface area contributed by atoms with E-state index < -0.39 is 0 Å². The summed E-state index contributed by atoms with van der Waals surface area (Å²) in [5, 5.41) is 6.01. The zero-order valence-electron chi connectivity index (χ0n) is 16.3. The van der Waals surface area contributed by atoms with Gasteiger partial charge < -0.3 is 15.5 Å². The molecule has 150 valence electrons. The highest BCUT2D eigenvalue weighted by atomic mass is 35.5. The molecule has 0 bridgehead atoms. The number of nitrogens with one attached hydrogen (secondary N) is 1. The van der Waals surface area contributed by atoms with E-state index >= 15 is 0 Å². The van der Waals surface area contributed by atoms with Crippen molar-refractivity contribution in [1.82, 2.24) is 4.90 Å². The summed E-state index contributed by atoms with van der Waals surface area (Å²) < 4.78 is 0. The Morgan fingerprint density at radius 1 is 1.11 bits per heavy atom. The highest BCUT2D eigenvalue weighted by Gasteiger charge is 2.19. The number of carbonyl (C=O) groups is 2. The first-order valence-corrected chi connectivity index (χ1v) is 9.98. The van der Waals surface area contributed by atoms with Gasteiger partial charge in [-0.25, -0.2) is 0 Å².